The van der Waals surface area contributed by atoms with Gasteiger partial charge in [-0.1, -0.05) is 48.0 Å². The predicted octanol–water partition coefficient (Wildman–Crippen LogP) is 3.58. The van der Waals surface area contributed by atoms with E-state index < -0.39 is 5.60 Å². The molecule has 0 saturated carbocycles. The van der Waals surface area contributed by atoms with Gasteiger partial charge in [0.15, 0.2) is 11.4 Å². The predicted molar refractivity (Wildman–Crippen MR) is 76.2 cm³/mol. The maximum absolute atomic E-state index is 12.5. The van der Waals surface area contributed by atoms with Crippen LogP contribution in [0.25, 0.3) is 10.8 Å². The van der Waals surface area contributed by atoms with E-state index in [2.05, 4.69) is 0 Å². The maximum atomic E-state index is 12.5. The van der Waals surface area contributed by atoms with Crippen LogP contribution in [-0.4, -0.2) is 10.9 Å². The first-order valence-corrected chi connectivity index (χ1v) is 6.47. The Morgan fingerprint density at radius 3 is 2.58 bits per heavy atom. The summed E-state index contributed by atoms with van der Waals surface area (Å²) in [7, 11) is 0. The van der Waals surface area contributed by atoms with Gasteiger partial charge in [-0.05, 0) is 24.6 Å². The number of aliphatic hydroxyl groups is 1. The van der Waals surface area contributed by atoms with Crippen LogP contribution in [0.2, 0.25) is 0 Å². The van der Waals surface area contributed by atoms with E-state index in [0.717, 1.165) is 21.9 Å². The Morgan fingerprint density at radius 2 is 1.89 bits per heavy atom. The van der Waals surface area contributed by atoms with Crippen LogP contribution in [-0.2, 0) is 5.60 Å². The molecule has 2 heteroatoms. The van der Waals surface area contributed by atoms with Crippen LogP contribution >= 0.6 is 0 Å². The molecule has 96 valence electrons. The van der Waals surface area contributed by atoms with E-state index in [1.807, 2.05) is 50.3 Å². The van der Waals surface area contributed by atoms with E-state index in [1.54, 1.807) is 6.07 Å². The summed E-state index contributed by atoms with van der Waals surface area (Å²) in [5, 5.41) is 12.8. The zero-order valence-corrected chi connectivity index (χ0v) is 11.1. The number of hydrogen-bond donors (Lipinski definition) is 1. The smallest absolute Gasteiger partial charge is 0.199 e. The summed E-state index contributed by atoms with van der Waals surface area (Å²) >= 11 is 0. The van der Waals surface area contributed by atoms with Crippen LogP contribution in [0.4, 0.5) is 0 Å². The molecule has 1 unspecified atom stereocenters. The van der Waals surface area contributed by atoms with Gasteiger partial charge in [0, 0.05) is 17.5 Å². The van der Waals surface area contributed by atoms with Gasteiger partial charge < -0.3 is 5.11 Å². The second-order valence-electron chi connectivity index (χ2n) is 5.38. The molecule has 2 aromatic carbocycles. The van der Waals surface area contributed by atoms with Crippen molar-refractivity contribution >= 4 is 16.6 Å². The number of benzene rings is 2. The zero-order chi connectivity index (χ0) is 13.6. The minimum absolute atomic E-state index is 0.184. The zero-order valence-electron chi connectivity index (χ0n) is 11.1. The summed E-state index contributed by atoms with van der Waals surface area (Å²) in [6, 6.07) is 11.4. The molecule has 0 spiro atoms. The first kappa shape index (κ1) is 12.1. The van der Waals surface area contributed by atoms with E-state index in [1.165, 1.54) is 0 Å². The Balaban J connectivity index is 2.25. The summed E-state index contributed by atoms with van der Waals surface area (Å²) in [5.74, 6) is -0.184. The molecule has 1 aliphatic rings. The lowest BCUT2D eigenvalue weighted by Crippen LogP contribution is -2.31. The normalized spacial score (nSPS) is 20.9. The summed E-state index contributed by atoms with van der Waals surface area (Å²) in [5.41, 5.74) is 1.07. The van der Waals surface area contributed by atoms with Gasteiger partial charge in [-0.2, -0.15) is 0 Å². The molecule has 3 rings (SSSR count). The number of hydrogen-bond acceptors (Lipinski definition) is 2. The van der Waals surface area contributed by atoms with Crippen molar-refractivity contribution in [3.63, 3.8) is 0 Å². The number of Topliss-reactive ketones (excluding diaryl/α,β-unsaturated/α-hetero) is 1. The van der Waals surface area contributed by atoms with Gasteiger partial charge in [-0.25, -0.2) is 0 Å². The Bertz CT molecular complexity index is 703. The third-order valence-electron chi connectivity index (χ3n) is 3.78. The molecular weight excluding hydrogens is 236 g/mol. The monoisotopic (exact) mass is 252 g/mol. The van der Waals surface area contributed by atoms with Crippen molar-refractivity contribution < 1.29 is 9.90 Å². The largest absolute Gasteiger partial charge is 0.377 e. The molecule has 2 aromatic rings. The number of rotatable bonds is 2. The molecular formula is C17H16O2. The molecule has 0 fully saturated rings. The third kappa shape index (κ3) is 1.64. The van der Waals surface area contributed by atoms with Crippen molar-refractivity contribution in [3.05, 3.63) is 59.2 Å². The first-order valence-electron chi connectivity index (χ1n) is 6.47. The van der Waals surface area contributed by atoms with Crippen molar-refractivity contribution in [2.24, 2.45) is 0 Å². The van der Waals surface area contributed by atoms with Crippen LogP contribution in [0, 0.1) is 0 Å². The average Bonchev–Trinajstić information content (AvgIpc) is 2.62. The molecule has 2 nitrogen and oxygen atoms in total. The van der Waals surface area contributed by atoms with Crippen LogP contribution in [0.15, 0.2) is 48.0 Å². The van der Waals surface area contributed by atoms with Crippen molar-refractivity contribution in [1.29, 1.82) is 0 Å². The van der Waals surface area contributed by atoms with Crippen molar-refractivity contribution in [1.82, 2.24) is 0 Å². The summed E-state index contributed by atoms with van der Waals surface area (Å²) in [4.78, 5) is 12.5. The van der Waals surface area contributed by atoms with Crippen molar-refractivity contribution in [2.45, 2.75) is 25.9 Å². The summed E-state index contributed by atoms with van der Waals surface area (Å²) in [6.07, 6.45) is 2.25. The second-order valence-corrected chi connectivity index (χ2v) is 5.38. The first-order chi connectivity index (χ1) is 9.04. The highest BCUT2D eigenvalue weighted by atomic mass is 16.3. The fourth-order valence-electron chi connectivity index (χ4n) is 2.77. The molecule has 19 heavy (non-hydrogen) atoms. The van der Waals surface area contributed by atoms with Crippen LogP contribution < -0.4 is 0 Å². The van der Waals surface area contributed by atoms with Gasteiger partial charge >= 0.3 is 0 Å². The third-order valence-corrected chi connectivity index (χ3v) is 3.78. The van der Waals surface area contributed by atoms with Crippen LogP contribution in [0.3, 0.4) is 0 Å². The van der Waals surface area contributed by atoms with Gasteiger partial charge in [-0.3, -0.25) is 4.79 Å². The number of ketones is 1. The van der Waals surface area contributed by atoms with E-state index in [4.69, 9.17) is 0 Å². The van der Waals surface area contributed by atoms with Gasteiger partial charge in [0.2, 0.25) is 0 Å². The Kier molecular flexibility index (Phi) is 2.58. The topological polar surface area (TPSA) is 37.3 Å². The molecule has 0 aromatic heterocycles. The lowest BCUT2D eigenvalue weighted by atomic mass is 9.89. The molecule has 0 bridgehead atoms. The summed E-state index contributed by atoms with van der Waals surface area (Å²) < 4.78 is 0. The van der Waals surface area contributed by atoms with Gasteiger partial charge in [0.1, 0.15) is 0 Å². The molecule has 0 amide bonds. The molecule has 0 saturated heterocycles. The Labute approximate surface area is 112 Å². The second kappa shape index (κ2) is 4.04. The molecule has 0 aliphatic heterocycles. The van der Waals surface area contributed by atoms with Gasteiger partial charge in [-0.15, -0.1) is 0 Å². The Morgan fingerprint density at radius 1 is 1.21 bits per heavy atom. The number of carbonyl (C=O) groups is 1. The van der Waals surface area contributed by atoms with E-state index in [-0.39, 0.29) is 5.78 Å². The number of allylic oxidation sites excluding steroid dienone is 1. The SMILES string of the molecule is CC(C)=CCC1(O)C(=O)c2cccc3cccc1c23. The van der Waals surface area contributed by atoms with E-state index >= 15 is 0 Å². The quantitative estimate of drug-likeness (QED) is 0.829. The Hall–Kier alpha value is -1.93. The highest BCUT2D eigenvalue weighted by Crippen LogP contribution is 2.43. The standard InChI is InChI=1S/C17H16O2/c1-11(2)9-10-17(19)14-8-4-6-12-5-3-7-13(15(12)14)16(17)18/h3-9,19H,10H2,1-2H3. The molecule has 1 atom stereocenters. The maximum Gasteiger partial charge on any atom is 0.199 e. The minimum atomic E-state index is -1.40. The molecule has 1 aliphatic carbocycles. The number of carbonyl (C=O) groups excluding carboxylic acids is 1. The van der Waals surface area contributed by atoms with Crippen LogP contribution in [0.1, 0.15) is 36.2 Å². The molecule has 0 radical (unpaired) electrons. The van der Waals surface area contributed by atoms with Crippen molar-refractivity contribution in [2.75, 3.05) is 0 Å². The highest BCUT2D eigenvalue weighted by molar-refractivity contribution is 6.19. The van der Waals surface area contributed by atoms with Gasteiger partial charge in [0.05, 0.1) is 0 Å². The molecule has 0 heterocycles. The fourth-order valence-corrected chi connectivity index (χ4v) is 2.77. The van der Waals surface area contributed by atoms with Gasteiger partial charge in [0.25, 0.3) is 0 Å². The minimum Gasteiger partial charge on any atom is -0.377 e. The molecule has 1 N–H and O–H groups in total. The average molecular weight is 252 g/mol. The fraction of sp³-hybridized carbons (Fsp3) is 0.235. The lowest BCUT2D eigenvalue weighted by Gasteiger charge is -2.21. The summed E-state index contributed by atoms with van der Waals surface area (Å²) in [6.45, 7) is 3.94. The lowest BCUT2D eigenvalue weighted by molar-refractivity contribution is 0.0346. The van der Waals surface area contributed by atoms with E-state index in [0.29, 0.717) is 12.0 Å². The highest BCUT2D eigenvalue weighted by Gasteiger charge is 2.44. The van der Waals surface area contributed by atoms with E-state index in [9.17, 15) is 9.90 Å². The van der Waals surface area contributed by atoms with Crippen LogP contribution in [0.5, 0.6) is 0 Å². The van der Waals surface area contributed by atoms with Crippen molar-refractivity contribution in [3.8, 4) is 0 Å².